The number of rotatable bonds is 8. The number of amides is 1. The second-order valence-electron chi connectivity index (χ2n) is 7.15. The maximum Gasteiger partial charge on any atom is 0.242 e. The van der Waals surface area contributed by atoms with E-state index in [1.807, 2.05) is 45.7 Å². The average molecular weight is 365 g/mol. The number of carbonyl (C=O) groups is 1. The number of aliphatic imine (C=N–C) groups is 1. The average Bonchev–Trinajstić information content (AvgIpc) is 2.55. The zero-order valence-corrected chi connectivity index (χ0v) is 16.5. The minimum absolute atomic E-state index is 0.0712. The summed E-state index contributed by atoms with van der Waals surface area (Å²) in [5.74, 6) is 0.266. The Morgan fingerprint density at radius 1 is 1.23 bits per heavy atom. The molecule has 1 amide bonds. The lowest BCUT2D eigenvalue weighted by Crippen LogP contribution is -2.43. The normalized spacial score (nSPS) is 11.8. The molecule has 0 fully saturated rings. The third-order valence-corrected chi connectivity index (χ3v) is 3.47. The predicted molar refractivity (Wildman–Crippen MR) is 106 cm³/mol. The minimum Gasteiger partial charge on any atom is -0.372 e. The van der Waals surface area contributed by atoms with Gasteiger partial charge >= 0.3 is 0 Å². The number of halogens is 1. The third kappa shape index (κ3) is 8.69. The van der Waals surface area contributed by atoms with Crippen molar-refractivity contribution >= 4 is 17.6 Å². The van der Waals surface area contributed by atoms with Crippen LogP contribution in [0.1, 0.15) is 34.1 Å². The van der Waals surface area contributed by atoms with Gasteiger partial charge in [0.15, 0.2) is 5.96 Å². The molecule has 0 aliphatic rings. The van der Waals surface area contributed by atoms with Crippen molar-refractivity contribution in [3.05, 3.63) is 30.1 Å². The second kappa shape index (κ2) is 10.6. The summed E-state index contributed by atoms with van der Waals surface area (Å²) >= 11 is 0. The molecule has 0 spiro atoms. The first kappa shape index (κ1) is 21.7. The summed E-state index contributed by atoms with van der Waals surface area (Å²) < 4.78 is 13.7. The van der Waals surface area contributed by atoms with Crippen LogP contribution in [0.25, 0.3) is 0 Å². The van der Waals surface area contributed by atoms with Gasteiger partial charge in [0.05, 0.1) is 5.69 Å². The van der Waals surface area contributed by atoms with Gasteiger partial charge < -0.3 is 20.9 Å². The van der Waals surface area contributed by atoms with E-state index in [9.17, 15) is 9.18 Å². The fraction of sp³-hybridized carbons (Fsp3) is 0.579. The summed E-state index contributed by atoms with van der Waals surface area (Å²) in [6.45, 7) is 9.93. The van der Waals surface area contributed by atoms with Gasteiger partial charge in [-0.2, -0.15) is 0 Å². The van der Waals surface area contributed by atoms with Crippen molar-refractivity contribution < 1.29 is 9.18 Å². The van der Waals surface area contributed by atoms with Crippen LogP contribution in [-0.2, 0) is 4.79 Å². The van der Waals surface area contributed by atoms with Crippen LogP contribution >= 0.6 is 0 Å². The number of anilines is 1. The number of hydrogen-bond donors (Lipinski definition) is 3. The lowest BCUT2D eigenvalue weighted by molar-refractivity contribution is -0.121. The Morgan fingerprint density at radius 3 is 2.54 bits per heavy atom. The molecule has 0 heterocycles. The Labute approximate surface area is 156 Å². The van der Waals surface area contributed by atoms with Gasteiger partial charge in [0, 0.05) is 32.2 Å². The summed E-state index contributed by atoms with van der Waals surface area (Å²) in [4.78, 5) is 18.0. The molecule has 1 rings (SSSR count). The number of guanidine groups is 1. The highest BCUT2D eigenvalue weighted by atomic mass is 19.1. The lowest BCUT2D eigenvalue weighted by Gasteiger charge is -2.21. The van der Waals surface area contributed by atoms with Gasteiger partial charge in [-0.15, -0.1) is 0 Å². The molecule has 146 valence electrons. The fourth-order valence-corrected chi connectivity index (χ4v) is 2.36. The van der Waals surface area contributed by atoms with Crippen molar-refractivity contribution in [1.29, 1.82) is 0 Å². The third-order valence-electron chi connectivity index (χ3n) is 3.47. The molecule has 6 nitrogen and oxygen atoms in total. The Hall–Kier alpha value is -2.31. The molecule has 0 radical (unpaired) electrons. The highest BCUT2D eigenvalue weighted by Crippen LogP contribution is 2.16. The summed E-state index contributed by atoms with van der Waals surface area (Å²) in [5, 5.41) is 9.19. The standard InChI is InChI=1S/C19H32FN5O/c1-6-21-18(23-14-17(26)24-19(2,3)4)22-12-9-13-25(5)16-11-8-7-10-15(16)20/h7-8,10-11H,6,9,12-14H2,1-5H3,(H,24,26)(H2,21,22,23). The highest BCUT2D eigenvalue weighted by molar-refractivity contribution is 5.85. The first-order valence-electron chi connectivity index (χ1n) is 9.02. The summed E-state index contributed by atoms with van der Waals surface area (Å²) in [6, 6.07) is 6.74. The van der Waals surface area contributed by atoms with Crippen molar-refractivity contribution in [2.24, 2.45) is 4.99 Å². The molecule has 0 bridgehead atoms. The lowest BCUT2D eigenvalue weighted by atomic mass is 10.1. The summed E-state index contributed by atoms with van der Waals surface area (Å²) in [5.41, 5.74) is 0.322. The molecule has 0 aliphatic carbocycles. The number of nitrogens with one attached hydrogen (secondary N) is 3. The van der Waals surface area contributed by atoms with Crippen molar-refractivity contribution in [3.8, 4) is 0 Å². The van der Waals surface area contributed by atoms with E-state index < -0.39 is 0 Å². The number of nitrogens with zero attached hydrogens (tertiary/aromatic N) is 2. The highest BCUT2D eigenvalue weighted by Gasteiger charge is 2.13. The maximum absolute atomic E-state index is 13.7. The summed E-state index contributed by atoms with van der Waals surface area (Å²) in [7, 11) is 1.87. The van der Waals surface area contributed by atoms with Crippen molar-refractivity contribution in [1.82, 2.24) is 16.0 Å². The van der Waals surface area contributed by atoms with Crippen molar-refractivity contribution in [2.45, 2.75) is 39.7 Å². The quantitative estimate of drug-likeness (QED) is 0.375. The molecule has 7 heteroatoms. The predicted octanol–water partition coefficient (Wildman–Crippen LogP) is 2.12. The van der Waals surface area contributed by atoms with Crippen LogP contribution in [0.3, 0.4) is 0 Å². The SMILES string of the molecule is CCNC(=NCC(=O)NC(C)(C)C)NCCCN(C)c1ccccc1F. The number of para-hydroxylation sites is 1. The Morgan fingerprint density at radius 2 is 1.92 bits per heavy atom. The Kier molecular flexibility index (Phi) is 8.88. The van der Waals surface area contributed by atoms with Crippen LogP contribution in [0.2, 0.25) is 0 Å². The van der Waals surface area contributed by atoms with E-state index >= 15 is 0 Å². The number of benzene rings is 1. The first-order valence-corrected chi connectivity index (χ1v) is 9.02. The first-order chi connectivity index (χ1) is 12.2. The number of carbonyl (C=O) groups excluding carboxylic acids is 1. The van der Waals surface area contributed by atoms with Crippen LogP contribution < -0.4 is 20.9 Å². The van der Waals surface area contributed by atoms with Crippen molar-refractivity contribution in [2.75, 3.05) is 38.1 Å². The van der Waals surface area contributed by atoms with E-state index in [4.69, 9.17) is 0 Å². The van der Waals surface area contributed by atoms with Crippen LogP contribution in [0.15, 0.2) is 29.3 Å². The molecule has 3 N–H and O–H groups in total. The van der Waals surface area contributed by atoms with E-state index in [0.717, 1.165) is 6.42 Å². The molecule has 0 atom stereocenters. The zero-order chi connectivity index (χ0) is 19.6. The van der Waals surface area contributed by atoms with E-state index in [2.05, 4.69) is 20.9 Å². The van der Waals surface area contributed by atoms with Gasteiger partial charge in [0.1, 0.15) is 12.4 Å². The molecule has 1 aromatic carbocycles. The zero-order valence-electron chi connectivity index (χ0n) is 16.5. The Balaban J connectivity index is 2.42. The maximum atomic E-state index is 13.7. The van der Waals surface area contributed by atoms with Gasteiger partial charge in [-0.3, -0.25) is 4.79 Å². The molecule has 26 heavy (non-hydrogen) atoms. The van der Waals surface area contributed by atoms with E-state index in [1.54, 1.807) is 12.1 Å². The molecule has 1 aromatic rings. The largest absolute Gasteiger partial charge is 0.372 e. The molecule has 0 aromatic heterocycles. The minimum atomic E-state index is -0.268. The topological polar surface area (TPSA) is 68.8 Å². The van der Waals surface area contributed by atoms with Crippen molar-refractivity contribution in [3.63, 3.8) is 0 Å². The summed E-state index contributed by atoms with van der Waals surface area (Å²) in [6.07, 6.45) is 0.809. The smallest absolute Gasteiger partial charge is 0.242 e. The molecular formula is C19H32FN5O. The van der Waals surface area contributed by atoms with Crippen LogP contribution in [-0.4, -0.2) is 50.6 Å². The number of hydrogen-bond acceptors (Lipinski definition) is 3. The van der Waals surface area contributed by atoms with Crippen LogP contribution in [0.4, 0.5) is 10.1 Å². The van der Waals surface area contributed by atoms with E-state index in [1.165, 1.54) is 6.07 Å². The van der Waals surface area contributed by atoms with Crippen LogP contribution in [0.5, 0.6) is 0 Å². The monoisotopic (exact) mass is 365 g/mol. The second-order valence-corrected chi connectivity index (χ2v) is 7.15. The fourth-order valence-electron chi connectivity index (χ4n) is 2.36. The Bertz CT molecular complexity index is 598. The van der Waals surface area contributed by atoms with Gasteiger partial charge in [-0.05, 0) is 46.2 Å². The van der Waals surface area contributed by atoms with Gasteiger partial charge in [0.2, 0.25) is 5.91 Å². The van der Waals surface area contributed by atoms with Gasteiger partial charge in [-0.1, -0.05) is 12.1 Å². The van der Waals surface area contributed by atoms with Crippen LogP contribution in [0, 0.1) is 5.82 Å². The van der Waals surface area contributed by atoms with E-state index in [-0.39, 0.29) is 23.8 Å². The van der Waals surface area contributed by atoms with Gasteiger partial charge in [0.25, 0.3) is 0 Å². The molecule has 0 saturated heterocycles. The molecule has 0 saturated carbocycles. The van der Waals surface area contributed by atoms with E-state index in [0.29, 0.717) is 31.3 Å². The molecular weight excluding hydrogens is 333 g/mol. The molecule has 0 unspecified atom stereocenters. The molecule has 0 aliphatic heterocycles. The van der Waals surface area contributed by atoms with Gasteiger partial charge in [-0.25, -0.2) is 9.38 Å².